The van der Waals surface area contributed by atoms with Gasteiger partial charge in [0, 0.05) is 5.75 Å². The van der Waals surface area contributed by atoms with Crippen LogP contribution in [0.2, 0.25) is 0 Å². The van der Waals surface area contributed by atoms with Crippen LogP contribution in [0, 0.1) is 5.41 Å². The maximum absolute atomic E-state index is 10.6. The third-order valence-electron chi connectivity index (χ3n) is 1.39. The van der Waals surface area contributed by atoms with E-state index in [0.29, 0.717) is 5.75 Å². The molecule has 0 saturated carbocycles. The van der Waals surface area contributed by atoms with Crippen molar-refractivity contribution in [3.63, 3.8) is 0 Å². The van der Waals surface area contributed by atoms with Gasteiger partial charge in [-0.05, 0) is 26.0 Å². The lowest BCUT2D eigenvalue weighted by Crippen LogP contribution is -2.26. The van der Waals surface area contributed by atoms with E-state index in [9.17, 15) is 4.79 Å². The topological polar surface area (TPSA) is 37.3 Å². The molecule has 3 heteroatoms. The quantitative estimate of drug-likeness (QED) is 0.653. The van der Waals surface area contributed by atoms with E-state index in [4.69, 9.17) is 5.11 Å². The molecule has 1 N–H and O–H groups in total. The van der Waals surface area contributed by atoms with Gasteiger partial charge < -0.3 is 5.11 Å². The van der Waals surface area contributed by atoms with Gasteiger partial charge in [0.05, 0.1) is 5.41 Å². The highest BCUT2D eigenvalue weighted by atomic mass is 32.2. The van der Waals surface area contributed by atoms with Gasteiger partial charge in [0.2, 0.25) is 0 Å². The maximum Gasteiger partial charge on any atom is 0.309 e. The molecule has 0 atom stereocenters. The van der Waals surface area contributed by atoms with Gasteiger partial charge in [0.1, 0.15) is 0 Å². The number of rotatable bonds is 5. The normalized spacial score (nSPS) is 11.5. The summed E-state index contributed by atoms with van der Waals surface area (Å²) in [5, 5.41) is 8.73. The molecular weight excluding hydrogens is 160 g/mol. The van der Waals surface area contributed by atoms with Crippen molar-refractivity contribution in [2.75, 3.05) is 11.5 Å². The summed E-state index contributed by atoms with van der Waals surface area (Å²) in [6.07, 6.45) is 1.11. The maximum atomic E-state index is 10.6. The molecule has 0 aliphatic heterocycles. The molecule has 0 heterocycles. The van der Waals surface area contributed by atoms with Gasteiger partial charge in [-0.3, -0.25) is 4.79 Å². The molecule has 0 saturated heterocycles. The molecule has 0 rings (SSSR count). The van der Waals surface area contributed by atoms with E-state index >= 15 is 0 Å². The van der Waals surface area contributed by atoms with Crippen LogP contribution in [0.3, 0.4) is 0 Å². The minimum atomic E-state index is -0.707. The second-order valence-corrected chi connectivity index (χ2v) is 4.35. The van der Waals surface area contributed by atoms with Crippen LogP contribution in [-0.4, -0.2) is 22.6 Å². The predicted octanol–water partition coefficient (Wildman–Crippen LogP) is 2.24. The summed E-state index contributed by atoms with van der Waals surface area (Å²) in [7, 11) is 0. The van der Waals surface area contributed by atoms with Crippen LogP contribution in [0.15, 0.2) is 0 Å². The number of hydrogen-bond acceptors (Lipinski definition) is 2. The minimum absolute atomic E-state index is 0.570. The van der Waals surface area contributed by atoms with E-state index in [1.807, 2.05) is 0 Å². The summed E-state index contributed by atoms with van der Waals surface area (Å²) in [5.74, 6) is 1.05. The van der Waals surface area contributed by atoms with Crippen LogP contribution >= 0.6 is 11.8 Å². The van der Waals surface area contributed by atoms with E-state index in [0.717, 1.165) is 12.2 Å². The van der Waals surface area contributed by atoms with E-state index in [-0.39, 0.29) is 0 Å². The number of aliphatic carboxylic acids is 1. The molecule has 0 bridgehead atoms. The molecule has 0 aliphatic carbocycles. The van der Waals surface area contributed by atoms with Gasteiger partial charge in [0.25, 0.3) is 0 Å². The third kappa shape index (κ3) is 4.30. The van der Waals surface area contributed by atoms with Crippen LogP contribution in [0.5, 0.6) is 0 Å². The predicted molar refractivity (Wildman–Crippen MR) is 49.0 cm³/mol. The molecule has 0 aromatic carbocycles. The molecule has 0 amide bonds. The first kappa shape index (κ1) is 10.8. The smallest absolute Gasteiger partial charge is 0.309 e. The highest BCUT2D eigenvalue weighted by molar-refractivity contribution is 7.99. The summed E-state index contributed by atoms with van der Waals surface area (Å²) in [6, 6.07) is 0. The number of carboxylic acids is 1. The molecule has 0 aromatic rings. The highest BCUT2D eigenvalue weighted by Gasteiger charge is 2.26. The molecule has 0 aromatic heterocycles. The molecule has 0 spiro atoms. The largest absolute Gasteiger partial charge is 0.481 e. The van der Waals surface area contributed by atoms with Crippen LogP contribution < -0.4 is 0 Å². The molecule has 0 fully saturated rings. The fourth-order valence-electron chi connectivity index (χ4n) is 0.533. The zero-order valence-corrected chi connectivity index (χ0v) is 8.20. The minimum Gasteiger partial charge on any atom is -0.481 e. The summed E-state index contributed by atoms with van der Waals surface area (Å²) < 4.78 is 0. The summed E-state index contributed by atoms with van der Waals surface area (Å²) in [6.45, 7) is 5.62. The molecule has 0 unspecified atom stereocenters. The first-order valence-corrected chi connectivity index (χ1v) is 4.97. The van der Waals surface area contributed by atoms with Crippen LogP contribution in [0.25, 0.3) is 0 Å². The SMILES string of the molecule is CCCSCC(C)(C)C(=O)O. The molecule has 11 heavy (non-hydrogen) atoms. The number of thioether (sulfide) groups is 1. The van der Waals surface area contributed by atoms with E-state index in [1.165, 1.54) is 0 Å². The molecule has 66 valence electrons. The molecule has 2 nitrogen and oxygen atoms in total. The molecule has 0 aliphatic rings. The first-order chi connectivity index (χ1) is 5.00. The fourth-order valence-corrected chi connectivity index (χ4v) is 1.60. The Hall–Kier alpha value is -0.180. The zero-order valence-electron chi connectivity index (χ0n) is 7.39. The molecule has 0 radical (unpaired) electrons. The van der Waals surface area contributed by atoms with Gasteiger partial charge in [-0.1, -0.05) is 6.92 Å². The Balaban J connectivity index is 3.64. The van der Waals surface area contributed by atoms with Crippen molar-refractivity contribution < 1.29 is 9.90 Å². The lowest BCUT2D eigenvalue weighted by molar-refractivity contribution is -0.145. The van der Waals surface area contributed by atoms with E-state index in [1.54, 1.807) is 25.6 Å². The zero-order chi connectivity index (χ0) is 8.91. The van der Waals surface area contributed by atoms with Gasteiger partial charge in [-0.2, -0.15) is 11.8 Å². The van der Waals surface area contributed by atoms with Crippen molar-refractivity contribution in [2.45, 2.75) is 27.2 Å². The Kier molecular flexibility index (Phi) is 4.57. The lowest BCUT2D eigenvalue weighted by atomic mass is 9.97. The second-order valence-electron chi connectivity index (χ2n) is 3.24. The Morgan fingerprint density at radius 3 is 2.45 bits per heavy atom. The van der Waals surface area contributed by atoms with E-state index in [2.05, 4.69) is 6.92 Å². The van der Waals surface area contributed by atoms with Crippen molar-refractivity contribution in [3.8, 4) is 0 Å². The van der Waals surface area contributed by atoms with Crippen LogP contribution in [-0.2, 0) is 4.79 Å². The summed E-state index contributed by atoms with van der Waals surface area (Å²) in [5.41, 5.74) is -0.570. The van der Waals surface area contributed by atoms with Crippen molar-refractivity contribution >= 4 is 17.7 Å². The van der Waals surface area contributed by atoms with Crippen molar-refractivity contribution in [1.29, 1.82) is 0 Å². The monoisotopic (exact) mass is 176 g/mol. The summed E-state index contributed by atoms with van der Waals surface area (Å²) in [4.78, 5) is 10.6. The van der Waals surface area contributed by atoms with Crippen molar-refractivity contribution in [1.82, 2.24) is 0 Å². The second kappa shape index (κ2) is 4.65. The lowest BCUT2D eigenvalue weighted by Gasteiger charge is -2.17. The Bertz CT molecular complexity index is 132. The third-order valence-corrected chi connectivity index (χ3v) is 3.01. The van der Waals surface area contributed by atoms with E-state index < -0.39 is 11.4 Å². The van der Waals surface area contributed by atoms with Crippen LogP contribution in [0.4, 0.5) is 0 Å². The first-order valence-electron chi connectivity index (χ1n) is 3.82. The number of carboxylic acid groups (broad SMARTS) is 1. The van der Waals surface area contributed by atoms with Crippen molar-refractivity contribution in [2.24, 2.45) is 5.41 Å². The van der Waals surface area contributed by atoms with Crippen LogP contribution in [0.1, 0.15) is 27.2 Å². The van der Waals surface area contributed by atoms with Gasteiger partial charge >= 0.3 is 5.97 Å². The standard InChI is InChI=1S/C8H16O2S/c1-4-5-11-6-8(2,3)7(9)10/h4-6H2,1-3H3,(H,9,10). The highest BCUT2D eigenvalue weighted by Crippen LogP contribution is 2.21. The average molecular weight is 176 g/mol. The van der Waals surface area contributed by atoms with Gasteiger partial charge in [-0.25, -0.2) is 0 Å². The number of hydrogen-bond donors (Lipinski definition) is 1. The Labute approximate surface area is 72.4 Å². The van der Waals surface area contributed by atoms with Crippen molar-refractivity contribution in [3.05, 3.63) is 0 Å². The van der Waals surface area contributed by atoms with Gasteiger partial charge in [0.15, 0.2) is 0 Å². The summed E-state index contributed by atoms with van der Waals surface area (Å²) >= 11 is 1.71. The Morgan fingerprint density at radius 2 is 2.09 bits per heavy atom. The van der Waals surface area contributed by atoms with Gasteiger partial charge in [-0.15, -0.1) is 0 Å². The Morgan fingerprint density at radius 1 is 1.55 bits per heavy atom. The fraction of sp³-hybridized carbons (Fsp3) is 0.875. The average Bonchev–Trinajstić information content (AvgIpc) is 1.88. The molecular formula is C8H16O2S. The number of carbonyl (C=O) groups is 1.